The van der Waals surface area contributed by atoms with Crippen molar-refractivity contribution in [3.8, 4) is 5.88 Å². The Morgan fingerprint density at radius 3 is 2.44 bits per heavy atom. The summed E-state index contributed by atoms with van der Waals surface area (Å²) in [5, 5.41) is 20.2. The van der Waals surface area contributed by atoms with Crippen molar-refractivity contribution in [2.45, 2.75) is 19.2 Å². The Labute approximate surface area is 101 Å². The summed E-state index contributed by atoms with van der Waals surface area (Å²) in [5.41, 5.74) is -2.66. The molecule has 0 unspecified atom stereocenters. The van der Waals surface area contributed by atoms with Gasteiger partial charge in [-0.15, -0.1) is 0 Å². The third-order valence-corrected chi connectivity index (χ3v) is 2.84. The van der Waals surface area contributed by atoms with Gasteiger partial charge >= 0.3 is 11.2 Å². The fourth-order valence-electron chi connectivity index (χ4n) is 1.48. The van der Waals surface area contributed by atoms with Crippen LogP contribution in [-0.4, -0.2) is 27.6 Å². The second-order valence-corrected chi connectivity index (χ2v) is 4.86. The summed E-state index contributed by atoms with van der Waals surface area (Å²) in [6.45, 7) is 1.46. The minimum absolute atomic E-state index is 0.0162. The highest BCUT2D eigenvalue weighted by atomic mass is 32.2. The van der Waals surface area contributed by atoms with Gasteiger partial charge in [-0.25, -0.2) is 0 Å². The summed E-state index contributed by atoms with van der Waals surface area (Å²) in [4.78, 5) is 21.3. The first-order valence-electron chi connectivity index (χ1n) is 4.72. The van der Waals surface area contributed by atoms with Gasteiger partial charge in [-0.3, -0.25) is 24.0 Å². The number of nitro groups is 1. The van der Waals surface area contributed by atoms with Crippen LogP contribution in [0.25, 0.3) is 0 Å². The first kappa shape index (κ1) is 14.1. The molecule has 10 heteroatoms. The Bertz CT molecular complexity index is 646. The Hall–Kier alpha value is -1.94. The highest BCUT2D eigenvalue weighted by Crippen LogP contribution is 2.21. The van der Waals surface area contributed by atoms with Gasteiger partial charge in [-0.1, -0.05) is 0 Å². The molecule has 0 aliphatic heterocycles. The SMILES string of the molecule is CCn1c(O)cc(CS(=O)(=O)O)c([N+](=O)[O-])c1=O. The number of hydrogen-bond acceptors (Lipinski definition) is 6. The van der Waals surface area contributed by atoms with E-state index in [1.807, 2.05) is 0 Å². The zero-order chi connectivity index (χ0) is 14.1. The van der Waals surface area contributed by atoms with Crippen molar-refractivity contribution < 1.29 is 23.0 Å². The largest absolute Gasteiger partial charge is 0.494 e. The number of pyridine rings is 1. The highest BCUT2D eigenvalue weighted by Gasteiger charge is 2.26. The second-order valence-electron chi connectivity index (χ2n) is 3.41. The zero-order valence-electron chi connectivity index (χ0n) is 9.23. The molecule has 1 rings (SSSR count). The summed E-state index contributed by atoms with van der Waals surface area (Å²) >= 11 is 0. The van der Waals surface area contributed by atoms with Crippen LogP contribution in [0.4, 0.5) is 5.69 Å². The number of aromatic nitrogens is 1. The fourth-order valence-corrected chi connectivity index (χ4v) is 2.09. The molecule has 9 nitrogen and oxygen atoms in total. The quantitative estimate of drug-likeness (QED) is 0.444. The fraction of sp³-hybridized carbons (Fsp3) is 0.375. The van der Waals surface area contributed by atoms with Crippen molar-refractivity contribution in [3.05, 3.63) is 32.1 Å². The highest BCUT2D eigenvalue weighted by molar-refractivity contribution is 7.85. The van der Waals surface area contributed by atoms with E-state index >= 15 is 0 Å². The average molecular weight is 278 g/mol. The van der Waals surface area contributed by atoms with E-state index in [2.05, 4.69) is 0 Å². The Balaban J connectivity index is 3.62. The van der Waals surface area contributed by atoms with Crippen LogP contribution in [0.1, 0.15) is 12.5 Å². The van der Waals surface area contributed by atoms with Gasteiger partial charge in [0.25, 0.3) is 10.1 Å². The van der Waals surface area contributed by atoms with Crippen molar-refractivity contribution in [1.82, 2.24) is 4.57 Å². The van der Waals surface area contributed by atoms with E-state index in [4.69, 9.17) is 4.55 Å². The molecule has 0 aliphatic carbocycles. The lowest BCUT2D eigenvalue weighted by molar-refractivity contribution is -0.387. The molecule has 0 spiro atoms. The molecular weight excluding hydrogens is 268 g/mol. The molecule has 0 radical (unpaired) electrons. The standard InChI is InChI=1S/C8H10N2O7S/c1-2-9-6(11)3-5(4-18(15,16)17)7(8(9)12)10(13)14/h3,11H,2,4H2,1H3,(H,15,16,17). The topological polar surface area (TPSA) is 140 Å². The summed E-state index contributed by atoms with van der Waals surface area (Å²) < 4.78 is 30.7. The molecule has 1 heterocycles. The maximum Gasteiger partial charge on any atom is 0.338 e. The van der Waals surface area contributed by atoms with Gasteiger partial charge in [0.05, 0.1) is 10.5 Å². The molecule has 100 valence electrons. The first-order chi connectivity index (χ1) is 8.17. The Morgan fingerprint density at radius 2 is 2.06 bits per heavy atom. The molecule has 1 aromatic heterocycles. The van der Waals surface area contributed by atoms with E-state index in [0.29, 0.717) is 4.57 Å². The molecule has 18 heavy (non-hydrogen) atoms. The summed E-state index contributed by atoms with van der Waals surface area (Å²) in [6, 6.07) is 0.775. The lowest BCUT2D eigenvalue weighted by Gasteiger charge is -2.07. The van der Waals surface area contributed by atoms with E-state index in [-0.39, 0.29) is 6.54 Å². The van der Waals surface area contributed by atoms with Crippen LogP contribution in [-0.2, 0) is 22.4 Å². The Morgan fingerprint density at radius 1 is 1.50 bits per heavy atom. The van der Waals surface area contributed by atoms with Crippen LogP contribution >= 0.6 is 0 Å². The normalized spacial score (nSPS) is 11.4. The van der Waals surface area contributed by atoms with Gasteiger partial charge in [0.2, 0.25) is 0 Å². The van der Waals surface area contributed by atoms with E-state index < -0.39 is 43.5 Å². The maximum absolute atomic E-state index is 11.7. The van der Waals surface area contributed by atoms with Crippen molar-refractivity contribution >= 4 is 15.8 Å². The lowest BCUT2D eigenvalue weighted by Crippen LogP contribution is -2.24. The van der Waals surface area contributed by atoms with E-state index in [1.165, 1.54) is 6.92 Å². The van der Waals surface area contributed by atoms with Crippen molar-refractivity contribution in [2.24, 2.45) is 0 Å². The molecule has 0 aliphatic rings. The van der Waals surface area contributed by atoms with E-state index in [9.17, 15) is 28.4 Å². The second kappa shape index (κ2) is 4.74. The Kier molecular flexibility index (Phi) is 3.72. The van der Waals surface area contributed by atoms with Crippen LogP contribution in [0.2, 0.25) is 0 Å². The molecule has 0 atom stereocenters. The first-order valence-corrected chi connectivity index (χ1v) is 6.33. The van der Waals surface area contributed by atoms with Gasteiger partial charge < -0.3 is 5.11 Å². The average Bonchev–Trinajstić information content (AvgIpc) is 2.13. The molecule has 0 bridgehead atoms. The van der Waals surface area contributed by atoms with Gasteiger partial charge in [0.15, 0.2) is 5.88 Å². The lowest BCUT2D eigenvalue weighted by atomic mass is 10.2. The third kappa shape index (κ3) is 2.84. The van der Waals surface area contributed by atoms with Crippen LogP contribution < -0.4 is 5.56 Å². The number of nitrogens with zero attached hydrogens (tertiary/aromatic N) is 2. The minimum atomic E-state index is -4.55. The molecule has 0 fully saturated rings. The molecule has 0 aromatic carbocycles. The van der Waals surface area contributed by atoms with Crippen molar-refractivity contribution in [1.29, 1.82) is 0 Å². The number of rotatable bonds is 4. The molecular formula is C8H10N2O7S. The molecule has 2 N–H and O–H groups in total. The molecule has 0 amide bonds. The van der Waals surface area contributed by atoms with E-state index in [1.54, 1.807) is 0 Å². The van der Waals surface area contributed by atoms with Gasteiger partial charge in [-0.05, 0) is 6.92 Å². The van der Waals surface area contributed by atoms with Crippen LogP contribution in [0, 0.1) is 10.1 Å². The molecule has 1 aromatic rings. The van der Waals surface area contributed by atoms with Crippen LogP contribution in [0.5, 0.6) is 5.88 Å². The van der Waals surface area contributed by atoms with Crippen molar-refractivity contribution in [2.75, 3.05) is 0 Å². The van der Waals surface area contributed by atoms with Gasteiger partial charge in [-0.2, -0.15) is 8.42 Å². The van der Waals surface area contributed by atoms with Gasteiger partial charge in [0.1, 0.15) is 5.75 Å². The predicted octanol–water partition coefficient (Wildman–Crippen LogP) is -0.130. The van der Waals surface area contributed by atoms with Gasteiger partial charge in [0, 0.05) is 12.6 Å². The minimum Gasteiger partial charge on any atom is -0.494 e. The predicted molar refractivity (Wildman–Crippen MR) is 59.9 cm³/mol. The summed E-state index contributed by atoms with van der Waals surface area (Å²) in [7, 11) is -4.55. The van der Waals surface area contributed by atoms with Crippen LogP contribution in [0.3, 0.4) is 0 Å². The maximum atomic E-state index is 11.7. The summed E-state index contributed by atoms with van der Waals surface area (Å²) in [5.74, 6) is -1.72. The summed E-state index contributed by atoms with van der Waals surface area (Å²) in [6.07, 6.45) is 0. The zero-order valence-corrected chi connectivity index (χ0v) is 10.0. The van der Waals surface area contributed by atoms with Crippen LogP contribution in [0.15, 0.2) is 10.9 Å². The monoisotopic (exact) mass is 278 g/mol. The molecule has 0 saturated carbocycles. The third-order valence-electron chi connectivity index (χ3n) is 2.17. The number of hydrogen-bond donors (Lipinski definition) is 2. The smallest absolute Gasteiger partial charge is 0.338 e. The van der Waals surface area contributed by atoms with Crippen molar-refractivity contribution in [3.63, 3.8) is 0 Å². The number of aromatic hydroxyl groups is 1. The van der Waals surface area contributed by atoms with E-state index in [0.717, 1.165) is 6.07 Å². The molecule has 0 saturated heterocycles.